The lowest BCUT2D eigenvalue weighted by Crippen LogP contribution is -2.15. The molecule has 1 heterocycles. The minimum Gasteiger partial charge on any atom is -0.320 e. The zero-order chi connectivity index (χ0) is 14.7. The van der Waals surface area contributed by atoms with Gasteiger partial charge in [-0.25, -0.2) is 0 Å². The second-order valence-electron chi connectivity index (χ2n) is 5.27. The van der Waals surface area contributed by atoms with E-state index in [1.165, 1.54) is 0 Å². The number of amides is 1. The van der Waals surface area contributed by atoms with Crippen LogP contribution in [0.5, 0.6) is 0 Å². The molecular weight excluding hydrogens is 250 g/mol. The summed E-state index contributed by atoms with van der Waals surface area (Å²) >= 11 is 0. The summed E-state index contributed by atoms with van der Waals surface area (Å²) in [5.41, 5.74) is 4.15. The molecule has 0 bridgehead atoms. The van der Waals surface area contributed by atoms with E-state index in [0.717, 1.165) is 22.5 Å². The van der Waals surface area contributed by atoms with Crippen molar-refractivity contribution in [3.05, 3.63) is 52.8 Å². The van der Waals surface area contributed by atoms with Crippen LogP contribution in [0.25, 0.3) is 0 Å². The first-order chi connectivity index (χ1) is 9.47. The van der Waals surface area contributed by atoms with Crippen molar-refractivity contribution in [3.8, 4) is 0 Å². The number of benzene rings is 1. The lowest BCUT2D eigenvalue weighted by atomic mass is 10.1. The van der Waals surface area contributed by atoms with Crippen LogP contribution < -0.4 is 5.32 Å². The van der Waals surface area contributed by atoms with Crippen LogP contribution in [-0.2, 0) is 0 Å². The van der Waals surface area contributed by atoms with Gasteiger partial charge in [-0.05, 0) is 49.1 Å². The number of anilines is 1. The molecule has 2 aromatic rings. The molecule has 4 heteroatoms. The topological polar surface area (TPSA) is 54.9 Å². The molecular formula is C16H19N3O. The fraction of sp³-hybridized carbons (Fsp3) is 0.312. The molecule has 1 aromatic heterocycles. The molecule has 0 saturated carbocycles. The summed E-state index contributed by atoms with van der Waals surface area (Å²) < 4.78 is 0. The van der Waals surface area contributed by atoms with E-state index in [-0.39, 0.29) is 5.91 Å². The molecule has 1 N–H and O–H groups in total. The second-order valence-corrected chi connectivity index (χ2v) is 5.27. The summed E-state index contributed by atoms with van der Waals surface area (Å²) in [6.45, 7) is 8.04. The summed E-state index contributed by atoms with van der Waals surface area (Å²) in [6.07, 6.45) is 0. The normalized spacial score (nSPS) is 10.7. The van der Waals surface area contributed by atoms with E-state index in [1.54, 1.807) is 6.07 Å². The molecule has 2 rings (SSSR count). The molecule has 0 spiro atoms. The summed E-state index contributed by atoms with van der Waals surface area (Å²) in [4.78, 5) is 12.1. The van der Waals surface area contributed by atoms with Gasteiger partial charge in [0.05, 0.1) is 5.69 Å². The maximum atomic E-state index is 12.1. The van der Waals surface area contributed by atoms with Crippen LogP contribution in [0.1, 0.15) is 47.1 Å². The van der Waals surface area contributed by atoms with Crippen molar-refractivity contribution in [2.45, 2.75) is 33.6 Å². The van der Waals surface area contributed by atoms with E-state index < -0.39 is 0 Å². The number of aromatic nitrogens is 2. The number of nitrogens with one attached hydrogen (secondary N) is 1. The van der Waals surface area contributed by atoms with Gasteiger partial charge in [-0.2, -0.15) is 5.10 Å². The Balaban J connectivity index is 2.17. The number of nitrogens with zero attached hydrogens (tertiary/aromatic N) is 2. The van der Waals surface area contributed by atoms with E-state index in [0.29, 0.717) is 11.6 Å². The first-order valence-electron chi connectivity index (χ1n) is 6.69. The number of hydrogen-bond acceptors (Lipinski definition) is 3. The highest BCUT2D eigenvalue weighted by atomic mass is 16.1. The molecule has 0 aliphatic carbocycles. The third kappa shape index (κ3) is 3.20. The molecule has 0 saturated heterocycles. The van der Waals surface area contributed by atoms with E-state index >= 15 is 0 Å². The lowest BCUT2D eigenvalue weighted by Gasteiger charge is -2.09. The smallest absolute Gasteiger partial charge is 0.276 e. The van der Waals surface area contributed by atoms with E-state index in [2.05, 4.69) is 15.5 Å². The van der Waals surface area contributed by atoms with Crippen LogP contribution in [0.4, 0.5) is 5.69 Å². The van der Waals surface area contributed by atoms with Crippen molar-refractivity contribution in [3.63, 3.8) is 0 Å². The van der Waals surface area contributed by atoms with Crippen LogP contribution in [0, 0.1) is 13.8 Å². The van der Waals surface area contributed by atoms with Crippen LogP contribution in [0.3, 0.4) is 0 Å². The molecule has 104 valence electrons. The van der Waals surface area contributed by atoms with Crippen LogP contribution in [0.15, 0.2) is 30.3 Å². The number of rotatable bonds is 3. The van der Waals surface area contributed by atoms with Crippen molar-refractivity contribution >= 4 is 11.6 Å². The zero-order valence-electron chi connectivity index (χ0n) is 12.3. The molecule has 4 nitrogen and oxygen atoms in total. The largest absolute Gasteiger partial charge is 0.320 e. The predicted octanol–water partition coefficient (Wildman–Crippen LogP) is 3.47. The Bertz CT molecular complexity index is 618. The number of carbonyl (C=O) groups excluding carboxylic acids is 1. The summed E-state index contributed by atoms with van der Waals surface area (Å²) in [5, 5.41) is 10.9. The van der Waals surface area contributed by atoms with Gasteiger partial charge in [0.1, 0.15) is 0 Å². The quantitative estimate of drug-likeness (QED) is 0.928. The van der Waals surface area contributed by atoms with Crippen molar-refractivity contribution < 1.29 is 4.79 Å². The fourth-order valence-corrected chi connectivity index (χ4v) is 1.83. The number of carbonyl (C=O) groups is 1. The van der Waals surface area contributed by atoms with Gasteiger partial charge in [0, 0.05) is 5.69 Å². The minimum absolute atomic E-state index is 0.235. The maximum Gasteiger partial charge on any atom is 0.276 e. The van der Waals surface area contributed by atoms with Crippen LogP contribution >= 0.6 is 0 Å². The van der Waals surface area contributed by atoms with Gasteiger partial charge in [-0.1, -0.05) is 26.0 Å². The first-order valence-corrected chi connectivity index (χ1v) is 6.69. The van der Waals surface area contributed by atoms with Crippen molar-refractivity contribution in [2.24, 2.45) is 0 Å². The highest BCUT2D eigenvalue weighted by Gasteiger charge is 2.11. The molecule has 0 aliphatic heterocycles. The number of hydrogen-bond donors (Lipinski definition) is 1. The summed E-state index contributed by atoms with van der Waals surface area (Å²) in [5.74, 6) is 0.0696. The van der Waals surface area contributed by atoms with Gasteiger partial charge in [-0.15, -0.1) is 5.10 Å². The number of aryl methyl sites for hydroxylation is 2. The predicted molar refractivity (Wildman–Crippen MR) is 80.0 cm³/mol. The van der Waals surface area contributed by atoms with Gasteiger partial charge >= 0.3 is 0 Å². The Morgan fingerprint density at radius 3 is 2.45 bits per heavy atom. The van der Waals surface area contributed by atoms with Gasteiger partial charge in [0.15, 0.2) is 5.69 Å². The van der Waals surface area contributed by atoms with Crippen LogP contribution in [-0.4, -0.2) is 16.1 Å². The standard InChI is InChI=1S/C16H19N3O/c1-10(2)13-7-8-14(19-18-13)16(20)17-15-9-11(3)5-6-12(15)4/h5-10H,1-4H3,(H,17,20). The van der Waals surface area contributed by atoms with Gasteiger partial charge in [0.25, 0.3) is 5.91 Å². The Kier molecular flexibility index (Phi) is 4.13. The highest BCUT2D eigenvalue weighted by molar-refractivity contribution is 6.03. The zero-order valence-corrected chi connectivity index (χ0v) is 12.3. The minimum atomic E-state index is -0.235. The monoisotopic (exact) mass is 269 g/mol. The van der Waals surface area contributed by atoms with Crippen molar-refractivity contribution in [1.29, 1.82) is 0 Å². The molecule has 0 unspecified atom stereocenters. The molecule has 0 aliphatic rings. The molecule has 20 heavy (non-hydrogen) atoms. The SMILES string of the molecule is Cc1ccc(C)c(NC(=O)c2ccc(C(C)C)nn2)c1. The highest BCUT2D eigenvalue weighted by Crippen LogP contribution is 2.17. The van der Waals surface area contributed by atoms with Crippen molar-refractivity contribution in [1.82, 2.24) is 10.2 Å². The summed E-state index contributed by atoms with van der Waals surface area (Å²) in [6, 6.07) is 9.50. The lowest BCUT2D eigenvalue weighted by molar-refractivity contribution is 0.102. The van der Waals surface area contributed by atoms with E-state index in [9.17, 15) is 4.79 Å². The fourth-order valence-electron chi connectivity index (χ4n) is 1.83. The Morgan fingerprint density at radius 1 is 1.10 bits per heavy atom. The summed E-state index contributed by atoms with van der Waals surface area (Å²) in [7, 11) is 0. The average Bonchev–Trinajstić information content (AvgIpc) is 2.43. The van der Waals surface area contributed by atoms with Crippen LogP contribution in [0.2, 0.25) is 0 Å². The second kappa shape index (κ2) is 5.82. The third-order valence-electron chi connectivity index (χ3n) is 3.15. The molecule has 0 fully saturated rings. The Morgan fingerprint density at radius 2 is 1.85 bits per heavy atom. The van der Waals surface area contributed by atoms with E-state index in [4.69, 9.17) is 0 Å². The van der Waals surface area contributed by atoms with Crippen molar-refractivity contribution in [2.75, 3.05) is 5.32 Å². The first kappa shape index (κ1) is 14.2. The molecule has 1 amide bonds. The Hall–Kier alpha value is -2.23. The molecule has 1 aromatic carbocycles. The van der Waals surface area contributed by atoms with Gasteiger partial charge in [0.2, 0.25) is 0 Å². The molecule has 0 atom stereocenters. The van der Waals surface area contributed by atoms with Gasteiger partial charge < -0.3 is 5.32 Å². The maximum absolute atomic E-state index is 12.1. The van der Waals surface area contributed by atoms with E-state index in [1.807, 2.05) is 52.0 Å². The third-order valence-corrected chi connectivity index (χ3v) is 3.15. The van der Waals surface area contributed by atoms with Gasteiger partial charge in [-0.3, -0.25) is 4.79 Å². The average molecular weight is 269 g/mol. The molecule has 0 radical (unpaired) electrons. The Labute approximate surface area is 119 Å².